The molecule has 0 radical (unpaired) electrons. The van der Waals surface area contributed by atoms with Gasteiger partial charge in [0.1, 0.15) is 18.1 Å². The number of nitrogens with one attached hydrogen (secondary N) is 2. The number of hydrogen-bond donors (Lipinski definition) is 3. The van der Waals surface area contributed by atoms with E-state index in [4.69, 9.17) is 17.0 Å². The topological polar surface area (TPSA) is 70.6 Å². The summed E-state index contributed by atoms with van der Waals surface area (Å²) in [4.78, 5) is 12.4. The van der Waals surface area contributed by atoms with E-state index >= 15 is 0 Å². The Labute approximate surface area is 190 Å². The normalized spacial score (nSPS) is 10.3. The van der Waals surface area contributed by atoms with Crippen LogP contribution in [0.1, 0.15) is 15.9 Å². The molecular weight excluding hydrogens is 520 g/mol. The molecule has 0 saturated carbocycles. The highest BCUT2D eigenvalue weighted by Gasteiger charge is 2.11. The lowest BCUT2D eigenvalue weighted by atomic mass is 10.2. The summed E-state index contributed by atoms with van der Waals surface area (Å²) in [6.07, 6.45) is 0. The number of anilines is 1. The average molecular weight is 536 g/mol. The first-order valence-corrected chi connectivity index (χ1v) is 10.5. The molecule has 5 nitrogen and oxygen atoms in total. The minimum atomic E-state index is -0.339. The van der Waals surface area contributed by atoms with Crippen LogP contribution in [0.2, 0.25) is 0 Å². The molecule has 0 unspecified atom stereocenters. The molecule has 0 aliphatic heterocycles. The van der Waals surface area contributed by atoms with E-state index < -0.39 is 0 Å². The third kappa shape index (κ3) is 6.03. The number of hydrogen-bond acceptors (Lipinski definition) is 4. The standard InChI is InChI=1S/C21H16Br2N2O3S/c22-17-10-15(11-18(23)19(17)26)24-21(29)25-20(27)14-6-8-16(9-7-14)28-12-13-4-2-1-3-5-13/h1-11,26H,12H2,(H2,24,25,27,29). The number of benzene rings is 3. The van der Waals surface area contributed by atoms with Gasteiger partial charge in [0.15, 0.2) is 5.11 Å². The Morgan fingerprint density at radius 2 is 1.62 bits per heavy atom. The van der Waals surface area contributed by atoms with E-state index in [2.05, 4.69) is 42.5 Å². The van der Waals surface area contributed by atoms with Crippen molar-refractivity contribution in [3.8, 4) is 11.5 Å². The fourth-order valence-electron chi connectivity index (χ4n) is 2.42. The largest absolute Gasteiger partial charge is 0.506 e. The molecule has 0 atom stereocenters. The maximum atomic E-state index is 12.4. The SMILES string of the molecule is O=C(NC(=S)Nc1cc(Br)c(O)c(Br)c1)c1ccc(OCc2ccccc2)cc1. The molecule has 148 valence electrons. The van der Waals surface area contributed by atoms with Gasteiger partial charge in [0, 0.05) is 11.3 Å². The molecule has 0 aliphatic rings. The lowest BCUT2D eigenvalue weighted by Gasteiger charge is -2.12. The van der Waals surface area contributed by atoms with Crippen molar-refractivity contribution < 1.29 is 14.6 Å². The lowest BCUT2D eigenvalue weighted by molar-refractivity contribution is 0.0977. The smallest absolute Gasteiger partial charge is 0.257 e. The molecule has 3 aromatic carbocycles. The van der Waals surface area contributed by atoms with Crippen LogP contribution in [0.4, 0.5) is 5.69 Å². The van der Waals surface area contributed by atoms with Gasteiger partial charge in [-0.1, -0.05) is 30.3 Å². The van der Waals surface area contributed by atoms with Crippen LogP contribution in [-0.2, 0) is 6.61 Å². The minimum Gasteiger partial charge on any atom is -0.506 e. The van der Waals surface area contributed by atoms with E-state index in [1.807, 2.05) is 30.3 Å². The number of aromatic hydroxyl groups is 1. The number of thiocarbonyl (C=S) groups is 1. The summed E-state index contributed by atoms with van der Waals surface area (Å²) in [7, 11) is 0. The molecule has 0 fully saturated rings. The highest BCUT2D eigenvalue weighted by Crippen LogP contribution is 2.35. The summed E-state index contributed by atoms with van der Waals surface area (Å²) in [6.45, 7) is 0.456. The molecule has 0 bridgehead atoms. The predicted octanol–water partition coefficient (Wildman–Crippen LogP) is 5.62. The first kappa shape index (κ1) is 21.3. The Morgan fingerprint density at radius 1 is 1.00 bits per heavy atom. The minimum absolute atomic E-state index is 0.0834. The van der Waals surface area contributed by atoms with Crippen LogP contribution in [0, 0.1) is 0 Å². The quantitative estimate of drug-likeness (QED) is 0.292. The Bertz CT molecular complexity index is 1000. The zero-order chi connectivity index (χ0) is 20.8. The summed E-state index contributed by atoms with van der Waals surface area (Å²) >= 11 is 11.7. The zero-order valence-corrected chi connectivity index (χ0v) is 19.0. The van der Waals surface area contributed by atoms with Gasteiger partial charge in [-0.3, -0.25) is 10.1 Å². The van der Waals surface area contributed by atoms with Gasteiger partial charge in [0.05, 0.1) is 8.95 Å². The molecule has 0 aliphatic carbocycles. The third-order valence-corrected chi connectivity index (χ3v) is 5.28. The number of phenols is 1. The van der Waals surface area contributed by atoms with Crippen LogP contribution in [0.3, 0.4) is 0 Å². The fourth-order valence-corrected chi connectivity index (χ4v) is 3.82. The van der Waals surface area contributed by atoms with Crippen molar-refractivity contribution >= 4 is 60.8 Å². The van der Waals surface area contributed by atoms with Crippen LogP contribution >= 0.6 is 44.1 Å². The van der Waals surface area contributed by atoms with Gasteiger partial charge in [-0.2, -0.15) is 0 Å². The Hall–Kier alpha value is -2.42. The summed E-state index contributed by atoms with van der Waals surface area (Å²) in [5.41, 5.74) is 2.13. The van der Waals surface area contributed by atoms with Gasteiger partial charge in [-0.15, -0.1) is 0 Å². The predicted molar refractivity (Wildman–Crippen MR) is 124 cm³/mol. The molecule has 0 aromatic heterocycles. The van der Waals surface area contributed by atoms with Crippen LogP contribution in [0.15, 0.2) is 75.7 Å². The molecule has 3 rings (SSSR count). The molecular formula is C21H16Br2N2O3S. The molecule has 8 heteroatoms. The molecule has 1 amide bonds. The van der Waals surface area contributed by atoms with Gasteiger partial charge in [-0.25, -0.2) is 0 Å². The Kier molecular flexibility index (Phi) is 7.24. The van der Waals surface area contributed by atoms with Crippen LogP contribution in [-0.4, -0.2) is 16.1 Å². The van der Waals surface area contributed by atoms with E-state index in [-0.39, 0.29) is 16.8 Å². The molecule has 0 heterocycles. The van der Waals surface area contributed by atoms with Crippen molar-refractivity contribution in [3.63, 3.8) is 0 Å². The van der Waals surface area contributed by atoms with E-state index in [0.29, 0.717) is 32.6 Å². The van der Waals surface area contributed by atoms with Gasteiger partial charge in [-0.05, 0) is 86.0 Å². The maximum absolute atomic E-state index is 12.4. The Morgan fingerprint density at radius 3 is 2.24 bits per heavy atom. The van der Waals surface area contributed by atoms with E-state index in [1.165, 1.54) is 0 Å². The summed E-state index contributed by atoms with van der Waals surface area (Å²) in [5, 5.41) is 15.4. The molecule has 0 spiro atoms. The number of rotatable bonds is 5. The maximum Gasteiger partial charge on any atom is 0.257 e. The first-order chi connectivity index (χ1) is 13.9. The van der Waals surface area contributed by atoms with Crippen molar-refractivity contribution in [1.82, 2.24) is 5.32 Å². The number of halogens is 2. The first-order valence-electron chi connectivity index (χ1n) is 8.49. The van der Waals surface area contributed by atoms with Crippen LogP contribution < -0.4 is 15.4 Å². The zero-order valence-electron chi connectivity index (χ0n) is 15.0. The second-order valence-corrected chi connectivity index (χ2v) is 8.11. The van der Waals surface area contributed by atoms with Crippen molar-refractivity contribution in [1.29, 1.82) is 0 Å². The lowest BCUT2D eigenvalue weighted by Crippen LogP contribution is -2.34. The Balaban J connectivity index is 1.55. The van der Waals surface area contributed by atoms with Gasteiger partial charge in [0.25, 0.3) is 5.91 Å². The average Bonchev–Trinajstić information content (AvgIpc) is 2.71. The second kappa shape index (κ2) is 9.87. The van der Waals surface area contributed by atoms with Crippen LogP contribution in [0.5, 0.6) is 11.5 Å². The summed E-state index contributed by atoms with van der Waals surface area (Å²) in [6, 6.07) is 20.0. The molecule has 0 saturated heterocycles. The van der Waals surface area contributed by atoms with Crippen molar-refractivity contribution in [3.05, 3.63) is 86.8 Å². The van der Waals surface area contributed by atoms with Crippen molar-refractivity contribution in [2.75, 3.05) is 5.32 Å². The van der Waals surface area contributed by atoms with E-state index in [9.17, 15) is 9.90 Å². The summed E-state index contributed by atoms with van der Waals surface area (Å²) in [5.74, 6) is 0.416. The number of amides is 1. The summed E-state index contributed by atoms with van der Waals surface area (Å²) < 4.78 is 6.71. The van der Waals surface area contributed by atoms with Crippen LogP contribution in [0.25, 0.3) is 0 Å². The molecule has 3 aromatic rings. The van der Waals surface area contributed by atoms with Crippen molar-refractivity contribution in [2.24, 2.45) is 0 Å². The van der Waals surface area contributed by atoms with Gasteiger partial charge >= 0.3 is 0 Å². The highest BCUT2D eigenvalue weighted by atomic mass is 79.9. The van der Waals surface area contributed by atoms with Gasteiger partial charge in [0.2, 0.25) is 0 Å². The third-order valence-electron chi connectivity index (χ3n) is 3.87. The monoisotopic (exact) mass is 534 g/mol. The second-order valence-electron chi connectivity index (χ2n) is 6.00. The molecule has 3 N–H and O–H groups in total. The number of ether oxygens (including phenoxy) is 1. The number of carbonyl (C=O) groups excluding carboxylic acids is 1. The fraction of sp³-hybridized carbons (Fsp3) is 0.0476. The van der Waals surface area contributed by atoms with Gasteiger partial charge < -0.3 is 15.2 Å². The van der Waals surface area contributed by atoms with E-state index in [1.54, 1.807) is 36.4 Å². The number of carbonyl (C=O) groups is 1. The van der Waals surface area contributed by atoms with Crippen molar-refractivity contribution in [2.45, 2.75) is 6.61 Å². The van der Waals surface area contributed by atoms with E-state index in [0.717, 1.165) is 5.56 Å². The highest BCUT2D eigenvalue weighted by molar-refractivity contribution is 9.11. The molecule has 29 heavy (non-hydrogen) atoms. The number of phenolic OH excluding ortho intramolecular Hbond substituents is 1.